The van der Waals surface area contributed by atoms with E-state index >= 15 is 0 Å². The lowest BCUT2D eigenvalue weighted by Gasteiger charge is -2.30. The molecule has 0 aromatic heterocycles. The van der Waals surface area contributed by atoms with Crippen molar-refractivity contribution >= 4 is 28.5 Å². The van der Waals surface area contributed by atoms with Gasteiger partial charge >= 0.3 is 0 Å². The monoisotopic (exact) mass is 398 g/mol. The maximum Gasteiger partial charge on any atom is 0.230 e. The zero-order valence-electron chi connectivity index (χ0n) is 13.2. The Kier molecular flexibility index (Phi) is 6.01. The van der Waals surface area contributed by atoms with Crippen molar-refractivity contribution in [3.05, 3.63) is 58.0 Å². The molecule has 1 N–H and O–H groups in total. The smallest absolute Gasteiger partial charge is 0.230 e. The van der Waals surface area contributed by atoms with Crippen LogP contribution in [-0.4, -0.2) is 24.4 Å². The Morgan fingerprint density at radius 1 is 1.48 bits per heavy atom. The molecular weight excluding hydrogens is 375 g/mol. The van der Waals surface area contributed by atoms with E-state index < -0.39 is 5.41 Å². The summed E-state index contributed by atoms with van der Waals surface area (Å²) >= 11 is 2.25. The Hall–Kier alpha value is -1.30. The largest absolute Gasteiger partial charge is 0.352 e. The number of rotatable bonds is 5. The van der Waals surface area contributed by atoms with Gasteiger partial charge in [0.1, 0.15) is 0 Å². The second-order valence-corrected chi connectivity index (χ2v) is 6.89. The summed E-state index contributed by atoms with van der Waals surface area (Å²) in [7, 11) is 1.98. The molecule has 0 saturated carbocycles. The minimum absolute atomic E-state index is 0.000599. The quantitative estimate of drug-likeness (QED) is 0.563. The van der Waals surface area contributed by atoms with Crippen LogP contribution in [0, 0.1) is 5.41 Å². The van der Waals surface area contributed by atoms with E-state index in [1.807, 2.05) is 57.1 Å². The molecule has 1 aliphatic rings. The molecule has 3 nitrogen and oxygen atoms in total. The van der Waals surface area contributed by atoms with Crippen LogP contribution in [0.25, 0.3) is 0 Å². The summed E-state index contributed by atoms with van der Waals surface area (Å²) in [5.41, 5.74) is 2.40. The fourth-order valence-corrected chi connectivity index (χ4v) is 2.47. The van der Waals surface area contributed by atoms with E-state index in [-0.39, 0.29) is 5.91 Å². The number of carbonyl (C=O) groups excluding carboxylic acids is 1. The van der Waals surface area contributed by atoms with Crippen LogP contribution in [0.3, 0.4) is 0 Å². The summed E-state index contributed by atoms with van der Waals surface area (Å²) in [6.45, 7) is 13.9. The molecule has 0 bridgehead atoms. The zero-order chi connectivity index (χ0) is 16.2. The molecule has 0 radical (unpaired) electrons. The summed E-state index contributed by atoms with van der Waals surface area (Å²) in [6, 6.07) is 0. The van der Waals surface area contributed by atoms with E-state index in [0.717, 1.165) is 20.4 Å². The Morgan fingerprint density at radius 2 is 2.10 bits per heavy atom. The van der Waals surface area contributed by atoms with Gasteiger partial charge < -0.3 is 10.2 Å². The topological polar surface area (TPSA) is 32.3 Å². The predicted molar refractivity (Wildman–Crippen MR) is 97.8 cm³/mol. The molecular formula is C17H23IN2O. The molecule has 1 amide bonds. The number of carbonyl (C=O) groups is 1. The molecule has 0 atom stereocenters. The molecule has 0 aromatic rings. The van der Waals surface area contributed by atoms with Crippen LogP contribution in [0.4, 0.5) is 0 Å². The van der Waals surface area contributed by atoms with Crippen molar-refractivity contribution in [1.29, 1.82) is 0 Å². The van der Waals surface area contributed by atoms with Crippen molar-refractivity contribution in [3.8, 4) is 0 Å². The van der Waals surface area contributed by atoms with Gasteiger partial charge in [0.25, 0.3) is 0 Å². The van der Waals surface area contributed by atoms with Gasteiger partial charge in [-0.25, -0.2) is 0 Å². The molecule has 1 heterocycles. The highest BCUT2D eigenvalue weighted by atomic mass is 127. The van der Waals surface area contributed by atoms with Crippen LogP contribution in [0.5, 0.6) is 0 Å². The Bertz CT molecular complexity index is 553. The van der Waals surface area contributed by atoms with E-state index in [1.165, 1.54) is 0 Å². The number of allylic oxidation sites excluding steroid dienone is 4. The zero-order valence-corrected chi connectivity index (χ0v) is 15.3. The van der Waals surface area contributed by atoms with Gasteiger partial charge in [-0.3, -0.25) is 4.79 Å². The first-order chi connectivity index (χ1) is 9.70. The van der Waals surface area contributed by atoms with Crippen molar-refractivity contribution in [3.63, 3.8) is 0 Å². The van der Waals surface area contributed by atoms with Crippen LogP contribution in [0.15, 0.2) is 58.0 Å². The van der Waals surface area contributed by atoms with Gasteiger partial charge in [0.2, 0.25) is 5.91 Å². The number of likely N-dealkylation sites (N-methyl/N-ethyl adjacent to an activating group) is 1. The Morgan fingerprint density at radius 3 is 2.57 bits per heavy atom. The van der Waals surface area contributed by atoms with Crippen molar-refractivity contribution in [2.24, 2.45) is 5.41 Å². The van der Waals surface area contributed by atoms with Crippen molar-refractivity contribution in [1.82, 2.24) is 10.2 Å². The Labute approximate surface area is 141 Å². The summed E-state index contributed by atoms with van der Waals surface area (Å²) in [6.07, 6.45) is 7.84. The SMILES string of the molecule is C=C/C(I)=C1/C=CC(C(C)(C)C(=O)NCC(=C)C)=CN1C. The highest BCUT2D eigenvalue weighted by molar-refractivity contribution is 14.1. The lowest BCUT2D eigenvalue weighted by Crippen LogP contribution is -2.39. The first-order valence-corrected chi connectivity index (χ1v) is 7.86. The van der Waals surface area contributed by atoms with Crippen LogP contribution < -0.4 is 5.32 Å². The Balaban J connectivity index is 2.96. The maximum atomic E-state index is 12.4. The molecule has 4 heteroatoms. The fourth-order valence-electron chi connectivity index (χ4n) is 1.91. The van der Waals surface area contributed by atoms with Gasteiger partial charge in [-0.05, 0) is 55.0 Å². The van der Waals surface area contributed by atoms with Gasteiger partial charge in [0.05, 0.1) is 11.1 Å². The molecule has 0 aromatic carbocycles. The van der Waals surface area contributed by atoms with Crippen LogP contribution >= 0.6 is 22.6 Å². The minimum atomic E-state index is -0.592. The van der Waals surface area contributed by atoms with Gasteiger partial charge in [0, 0.05) is 23.4 Å². The molecule has 0 fully saturated rings. The molecule has 0 unspecified atom stereocenters. The normalized spacial score (nSPS) is 17.2. The van der Waals surface area contributed by atoms with E-state index in [2.05, 4.69) is 41.1 Å². The average Bonchev–Trinajstić information content (AvgIpc) is 2.43. The van der Waals surface area contributed by atoms with E-state index in [1.54, 1.807) is 0 Å². The molecule has 1 aliphatic heterocycles. The highest BCUT2D eigenvalue weighted by Crippen LogP contribution is 2.33. The predicted octanol–water partition coefficient (Wildman–Crippen LogP) is 3.92. The number of amides is 1. The van der Waals surface area contributed by atoms with Crippen molar-refractivity contribution in [2.75, 3.05) is 13.6 Å². The molecule has 0 spiro atoms. The summed E-state index contributed by atoms with van der Waals surface area (Å²) in [5, 5.41) is 2.92. The lowest BCUT2D eigenvalue weighted by molar-refractivity contribution is -0.127. The third kappa shape index (κ3) is 4.33. The van der Waals surface area contributed by atoms with E-state index in [0.29, 0.717) is 6.54 Å². The van der Waals surface area contributed by atoms with Gasteiger partial charge in [-0.15, -0.1) is 0 Å². The van der Waals surface area contributed by atoms with Gasteiger partial charge in [-0.2, -0.15) is 0 Å². The second kappa shape index (κ2) is 7.11. The first-order valence-electron chi connectivity index (χ1n) is 6.78. The third-order valence-electron chi connectivity index (χ3n) is 3.40. The van der Waals surface area contributed by atoms with E-state index in [4.69, 9.17) is 0 Å². The second-order valence-electron chi connectivity index (χ2n) is 5.73. The summed E-state index contributed by atoms with van der Waals surface area (Å²) in [5.74, 6) is 0.000599. The standard InChI is InChI=1S/C17H23IN2O/c1-7-14(18)15-9-8-13(11-20(15)6)17(4,5)16(21)19-10-12(2)3/h7-9,11H,1-2,10H2,3-6H3,(H,19,21)/b15-14+. The molecule has 114 valence electrons. The van der Waals surface area contributed by atoms with Gasteiger partial charge in [-0.1, -0.05) is 30.9 Å². The number of hydrogen-bond acceptors (Lipinski definition) is 2. The molecule has 0 aliphatic carbocycles. The maximum absolute atomic E-state index is 12.4. The number of halogens is 1. The lowest BCUT2D eigenvalue weighted by atomic mass is 9.82. The number of hydrogen-bond donors (Lipinski definition) is 1. The van der Waals surface area contributed by atoms with E-state index in [9.17, 15) is 4.79 Å². The van der Waals surface area contributed by atoms with Crippen LogP contribution in [-0.2, 0) is 4.79 Å². The first kappa shape index (κ1) is 17.8. The fraction of sp³-hybridized carbons (Fsp3) is 0.353. The van der Waals surface area contributed by atoms with Crippen molar-refractivity contribution < 1.29 is 4.79 Å². The minimum Gasteiger partial charge on any atom is -0.352 e. The molecule has 0 saturated heterocycles. The highest BCUT2D eigenvalue weighted by Gasteiger charge is 2.32. The average molecular weight is 398 g/mol. The summed E-state index contributed by atoms with van der Waals surface area (Å²) in [4.78, 5) is 14.4. The summed E-state index contributed by atoms with van der Waals surface area (Å²) < 4.78 is 1.08. The molecule has 21 heavy (non-hydrogen) atoms. The molecule has 1 rings (SSSR count). The van der Waals surface area contributed by atoms with Crippen molar-refractivity contribution in [2.45, 2.75) is 20.8 Å². The number of nitrogens with one attached hydrogen (secondary N) is 1. The van der Waals surface area contributed by atoms with Crippen LogP contribution in [0.1, 0.15) is 20.8 Å². The number of nitrogens with zero attached hydrogens (tertiary/aromatic N) is 1. The van der Waals surface area contributed by atoms with Crippen LogP contribution in [0.2, 0.25) is 0 Å². The third-order valence-corrected chi connectivity index (χ3v) is 4.39. The van der Waals surface area contributed by atoms with Gasteiger partial charge in [0.15, 0.2) is 0 Å².